The highest BCUT2D eigenvalue weighted by atomic mass is 16.3. The minimum atomic E-state index is -0.832. The molecule has 2 atom stereocenters. The third-order valence-corrected chi connectivity index (χ3v) is 6.18. The number of benzene rings is 3. The molecule has 3 aromatic carbocycles. The van der Waals surface area contributed by atoms with Gasteiger partial charge in [-0.3, -0.25) is 14.4 Å². The fourth-order valence-corrected chi connectivity index (χ4v) is 3.98. The van der Waals surface area contributed by atoms with Crippen LogP contribution in [-0.4, -0.2) is 41.5 Å². The van der Waals surface area contributed by atoms with Crippen molar-refractivity contribution in [3.05, 3.63) is 95.6 Å². The molecule has 0 heterocycles. The molecule has 3 rings (SSSR count). The average molecular weight is 517 g/mol. The van der Waals surface area contributed by atoms with Gasteiger partial charge in [0.1, 0.15) is 11.8 Å². The molecular weight excluding hydrogens is 480 g/mol. The highest BCUT2D eigenvalue weighted by Crippen LogP contribution is 2.18. The van der Waals surface area contributed by atoms with Crippen molar-refractivity contribution in [1.82, 2.24) is 10.6 Å². The summed E-state index contributed by atoms with van der Waals surface area (Å²) in [5, 5.41) is 17.9. The second-order valence-corrected chi connectivity index (χ2v) is 9.29. The first kappa shape index (κ1) is 28.4. The summed E-state index contributed by atoms with van der Waals surface area (Å²) in [6, 6.07) is 22.3. The van der Waals surface area contributed by atoms with Gasteiger partial charge in [0, 0.05) is 18.7 Å². The Balaban J connectivity index is 1.42. The summed E-state index contributed by atoms with van der Waals surface area (Å²) < 4.78 is 0. The molecule has 0 aliphatic rings. The summed E-state index contributed by atoms with van der Waals surface area (Å²) >= 11 is 0. The first-order valence-electron chi connectivity index (χ1n) is 12.8. The summed E-state index contributed by atoms with van der Waals surface area (Å²) in [6.45, 7) is 2.20. The number of rotatable bonds is 13. The molecule has 0 spiro atoms. The molecule has 0 aliphatic carbocycles. The van der Waals surface area contributed by atoms with Crippen molar-refractivity contribution in [1.29, 1.82) is 0 Å². The van der Waals surface area contributed by atoms with Gasteiger partial charge in [0.05, 0.1) is 6.04 Å². The van der Waals surface area contributed by atoms with Crippen molar-refractivity contribution in [2.75, 3.05) is 11.9 Å². The molecule has 3 amide bonds. The molecule has 0 radical (unpaired) electrons. The van der Waals surface area contributed by atoms with Crippen molar-refractivity contribution in [3.63, 3.8) is 0 Å². The number of aromatic hydroxyl groups is 1. The number of phenols is 1. The van der Waals surface area contributed by atoms with Gasteiger partial charge in [-0.15, -0.1) is 0 Å². The van der Waals surface area contributed by atoms with E-state index in [9.17, 15) is 19.5 Å². The largest absolute Gasteiger partial charge is 0.508 e. The number of aryl methyl sites for hydroxylation is 1. The number of phenolic OH excluding ortho intramolecular Hbond substituents is 1. The molecule has 6 N–H and O–H groups in total. The van der Waals surface area contributed by atoms with Crippen molar-refractivity contribution in [2.45, 2.75) is 51.1 Å². The summed E-state index contributed by atoms with van der Waals surface area (Å²) in [5.41, 5.74) is 9.57. The Morgan fingerprint density at radius 2 is 1.53 bits per heavy atom. The van der Waals surface area contributed by atoms with Gasteiger partial charge >= 0.3 is 0 Å². The number of carbonyl (C=O) groups excluding carboxylic acids is 3. The lowest BCUT2D eigenvalue weighted by Crippen LogP contribution is -2.49. The van der Waals surface area contributed by atoms with Gasteiger partial charge in [-0.1, -0.05) is 60.7 Å². The standard InChI is InChI=1S/C30H36N4O4/c1-21(33-30(38)26(31)20-23-14-16-25(35)17-15-23)29(37)34-27-12-6-5-10-24(27)11-7-13-28(36)32-19-18-22-8-3-2-4-9-22/h2-6,8-10,12,14-17,21,26,35H,7,11,13,18-20,31H2,1H3,(H,32,36)(H,33,38)(H,34,37)/t21-,26+/m1/s1. The van der Waals surface area contributed by atoms with Gasteiger partial charge < -0.3 is 26.8 Å². The van der Waals surface area contributed by atoms with E-state index in [2.05, 4.69) is 16.0 Å². The minimum absolute atomic E-state index is 0.00225. The number of nitrogens with one attached hydrogen (secondary N) is 3. The molecule has 200 valence electrons. The quantitative estimate of drug-likeness (QED) is 0.238. The Morgan fingerprint density at radius 3 is 2.26 bits per heavy atom. The third kappa shape index (κ3) is 9.37. The second kappa shape index (κ2) is 14.5. The van der Waals surface area contributed by atoms with Crippen molar-refractivity contribution in [2.24, 2.45) is 5.73 Å². The van der Waals surface area contributed by atoms with Gasteiger partial charge in [0.25, 0.3) is 0 Å². The van der Waals surface area contributed by atoms with Gasteiger partial charge in [0.2, 0.25) is 17.7 Å². The van der Waals surface area contributed by atoms with Crippen LogP contribution in [0, 0.1) is 0 Å². The Bertz CT molecular complexity index is 1200. The van der Waals surface area contributed by atoms with Crippen molar-refractivity contribution >= 4 is 23.4 Å². The number of hydrogen-bond donors (Lipinski definition) is 5. The Kier molecular flexibility index (Phi) is 10.9. The lowest BCUT2D eigenvalue weighted by molar-refractivity contribution is -0.127. The second-order valence-electron chi connectivity index (χ2n) is 9.29. The topological polar surface area (TPSA) is 134 Å². The number of carbonyl (C=O) groups is 3. The summed E-state index contributed by atoms with van der Waals surface area (Å²) in [4.78, 5) is 37.5. The zero-order valence-electron chi connectivity index (χ0n) is 21.7. The molecule has 0 bridgehead atoms. The average Bonchev–Trinajstić information content (AvgIpc) is 2.91. The van der Waals surface area contributed by atoms with Crippen LogP contribution in [0.3, 0.4) is 0 Å². The van der Waals surface area contributed by atoms with Crippen LogP contribution in [0.1, 0.15) is 36.5 Å². The monoisotopic (exact) mass is 516 g/mol. The SMILES string of the molecule is C[C@@H](NC(=O)[C@@H](N)Cc1ccc(O)cc1)C(=O)Nc1ccccc1CCCC(=O)NCCc1ccccc1. The lowest BCUT2D eigenvalue weighted by Gasteiger charge is -2.18. The van der Waals surface area contributed by atoms with Crippen LogP contribution in [-0.2, 0) is 33.6 Å². The van der Waals surface area contributed by atoms with E-state index in [0.717, 1.165) is 17.5 Å². The molecule has 0 aliphatic heterocycles. The maximum absolute atomic E-state index is 12.8. The fourth-order valence-electron chi connectivity index (χ4n) is 3.98. The number of anilines is 1. The Morgan fingerprint density at radius 1 is 0.842 bits per heavy atom. The van der Waals surface area contributed by atoms with E-state index in [0.29, 0.717) is 31.5 Å². The van der Waals surface area contributed by atoms with E-state index in [-0.39, 0.29) is 24.0 Å². The maximum Gasteiger partial charge on any atom is 0.246 e. The Labute approximate surface area is 223 Å². The van der Waals surface area contributed by atoms with E-state index >= 15 is 0 Å². The molecule has 38 heavy (non-hydrogen) atoms. The van der Waals surface area contributed by atoms with Crippen LogP contribution in [0.5, 0.6) is 5.75 Å². The fraction of sp³-hybridized carbons (Fsp3) is 0.300. The zero-order valence-corrected chi connectivity index (χ0v) is 21.7. The molecule has 8 nitrogen and oxygen atoms in total. The van der Waals surface area contributed by atoms with Gasteiger partial charge in [-0.25, -0.2) is 0 Å². The highest BCUT2D eigenvalue weighted by Gasteiger charge is 2.21. The number of hydrogen-bond acceptors (Lipinski definition) is 5. The summed E-state index contributed by atoms with van der Waals surface area (Å²) in [6.07, 6.45) is 2.73. The first-order chi connectivity index (χ1) is 18.3. The van der Waals surface area contributed by atoms with Crippen LogP contribution >= 0.6 is 0 Å². The number of para-hydroxylation sites is 1. The molecular formula is C30H36N4O4. The smallest absolute Gasteiger partial charge is 0.246 e. The van der Waals surface area contributed by atoms with E-state index in [1.54, 1.807) is 25.1 Å². The van der Waals surface area contributed by atoms with E-state index in [4.69, 9.17) is 5.73 Å². The number of amides is 3. The normalized spacial score (nSPS) is 12.3. The molecule has 0 saturated carbocycles. The molecule has 0 aromatic heterocycles. The van der Waals surface area contributed by atoms with E-state index < -0.39 is 18.0 Å². The minimum Gasteiger partial charge on any atom is -0.508 e. The molecule has 0 unspecified atom stereocenters. The van der Waals surface area contributed by atoms with Crippen LogP contribution in [0.25, 0.3) is 0 Å². The van der Waals surface area contributed by atoms with Crippen LogP contribution in [0.2, 0.25) is 0 Å². The lowest BCUT2D eigenvalue weighted by atomic mass is 10.0. The highest BCUT2D eigenvalue weighted by molar-refractivity contribution is 5.98. The first-order valence-corrected chi connectivity index (χ1v) is 12.8. The van der Waals surface area contributed by atoms with Crippen molar-refractivity contribution in [3.8, 4) is 5.75 Å². The predicted octanol–water partition coefficient (Wildman–Crippen LogP) is 3.09. The predicted molar refractivity (Wildman–Crippen MR) is 149 cm³/mol. The molecule has 0 fully saturated rings. The zero-order chi connectivity index (χ0) is 27.3. The van der Waals surface area contributed by atoms with Crippen LogP contribution in [0.15, 0.2) is 78.9 Å². The molecule has 0 saturated heterocycles. The summed E-state index contributed by atoms with van der Waals surface area (Å²) in [7, 11) is 0. The van der Waals surface area contributed by atoms with E-state index in [1.807, 2.05) is 48.5 Å². The maximum atomic E-state index is 12.8. The van der Waals surface area contributed by atoms with Gasteiger partial charge in [0.15, 0.2) is 0 Å². The van der Waals surface area contributed by atoms with Gasteiger partial charge in [-0.05, 0) is 67.5 Å². The van der Waals surface area contributed by atoms with Gasteiger partial charge in [-0.2, -0.15) is 0 Å². The molecule has 8 heteroatoms. The third-order valence-electron chi connectivity index (χ3n) is 6.18. The Hall–Kier alpha value is -4.17. The summed E-state index contributed by atoms with van der Waals surface area (Å²) in [5.74, 6) is -0.657. The van der Waals surface area contributed by atoms with Crippen LogP contribution in [0.4, 0.5) is 5.69 Å². The molecule has 3 aromatic rings. The van der Waals surface area contributed by atoms with Crippen LogP contribution < -0.4 is 21.7 Å². The van der Waals surface area contributed by atoms with Crippen molar-refractivity contribution < 1.29 is 19.5 Å². The number of nitrogens with two attached hydrogens (primary N) is 1. The van der Waals surface area contributed by atoms with E-state index in [1.165, 1.54) is 17.7 Å².